The highest BCUT2D eigenvalue weighted by Crippen LogP contribution is 2.51. The van der Waals surface area contributed by atoms with Gasteiger partial charge in [-0.1, -0.05) is 24.3 Å². The highest BCUT2D eigenvalue weighted by atomic mass is 16.3. The standard InChI is InChI=1S/C10H12O/c11-9-5-7-2-1-6-3-4-8(9)10(6)7/h1-4,6-11H,5H2/t6-,7+,8+,9-,10-/m1/s1. The van der Waals surface area contributed by atoms with Crippen molar-refractivity contribution in [3.63, 3.8) is 0 Å². The summed E-state index contributed by atoms with van der Waals surface area (Å²) in [4.78, 5) is 0. The minimum absolute atomic E-state index is 0.0591. The summed E-state index contributed by atoms with van der Waals surface area (Å²) in [5.74, 6) is 2.53. The van der Waals surface area contributed by atoms with E-state index >= 15 is 0 Å². The molecule has 1 heteroatoms. The first-order chi connectivity index (χ1) is 5.36. The van der Waals surface area contributed by atoms with Crippen LogP contribution < -0.4 is 0 Å². The molecule has 0 radical (unpaired) electrons. The molecule has 0 unspecified atom stereocenters. The SMILES string of the molecule is O[C@@H]1C[C@@H]2C=C[C@@H]3C=C[C@@H]1[C@H]32. The Bertz CT molecular complexity index is 241. The molecule has 0 heterocycles. The molecule has 0 aliphatic heterocycles. The summed E-state index contributed by atoms with van der Waals surface area (Å²) in [6.07, 6.45) is 10.0. The molecule has 0 aromatic rings. The van der Waals surface area contributed by atoms with E-state index in [-0.39, 0.29) is 6.10 Å². The summed E-state index contributed by atoms with van der Waals surface area (Å²) in [7, 11) is 0. The van der Waals surface area contributed by atoms with Crippen molar-refractivity contribution in [3.05, 3.63) is 24.3 Å². The molecule has 3 aliphatic rings. The number of hydrogen-bond acceptors (Lipinski definition) is 1. The molecular weight excluding hydrogens is 136 g/mol. The topological polar surface area (TPSA) is 20.2 Å². The Balaban J connectivity index is 2.04. The quantitative estimate of drug-likeness (QED) is 0.514. The average Bonchev–Trinajstić information content (AvgIpc) is 2.53. The van der Waals surface area contributed by atoms with Gasteiger partial charge in [0.25, 0.3) is 0 Å². The Kier molecular flexibility index (Phi) is 0.972. The van der Waals surface area contributed by atoms with Crippen molar-refractivity contribution >= 4 is 0 Å². The third-order valence-corrected chi connectivity index (χ3v) is 3.48. The van der Waals surface area contributed by atoms with Crippen LogP contribution in [-0.2, 0) is 0 Å². The van der Waals surface area contributed by atoms with Gasteiger partial charge in [-0.25, -0.2) is 0 Å². The molecule has 1 nitrogen and oxygen atoms in total. The van der Waals surface area contributed by atoms with E-state index in [9.17, 15) is 5.11 Å². The van der Waals surface area contributed by atoms with Crippen LogP contribution in [-0.4, -0.2) is 11.2 Å². The Labute approximate surface area is 66.4 Å². The molecule has 3 aliphatic carbocycles. The number of allylic oxidation sites excluding steroid dienone is 3. The lowest BCUT2D eigenvalue weighted by Crippen LogP contribution is -2.15. The van der Waals surface area contributed by atoms with Crippen molar-refractivity contribution in [3.8, 4) is 0 Å². The predicted molar refractivity (Wildman–Crippen MR) is 42.9 cm³/mol. The highest BCUT2D eigenvalue weighted by molar-refractivity contribution is 5.26. The second kappa shape index (κ2) is 1.78. The number of hydrogen-bond donors (Lipinski definition) is 1. The van der Waals surface area contributed by atoms with Crippen LogP contribution in [0.1, 0.15) is 6.42 Å². The summed E-state index contributed by atoms with van der Waals surface area (Å²) >= 11 is 0. The molecule has 0 bridgehead atoms. The molecule has 0 aromatic carbocycles. The fraction of sp³-hybridized carbons (Fsp3) is 0.600. The third-order valence-electron chi connectivity index (χ3n) is 3.48. The van der Waals surface area contributed by atoms with Gasteiger partial charge < -0.3 is 5.11 Å². The first-order valence-electron chi connectivity index (χ1n) is 4.41. The van der Waals surface area contributed by atoms with Gasteiger partial charge in [-0.05, 0) is 24.2 Å². The van der Waals surface area contributed by atoms with Crippen molar-refractivity contribution in [2.75, 3.05) is 0 Å². The fourth-order valence-corrected chi connectivity index (χ4v) is 2.99. The lowest BCUT2D eigenvalue weighted by Gasteiger charge is -2.14. The molecule has 0 amide bonds. The molecule has 1 saturated carbocycles. The van der Waals surface area contributed by atoms with Crippen molar-refractivity contribution < 1.29 is 5.11 Å². The van der Waals surface area contributed by atoms with Gasteiger partial charge in [-0.2, -0.15) is 0 Å². The van der Waals surface area contributed by atoms with E-state index in [0.29, 0.717) is 17.8 Å². The Morgan fingerprint density at radius 3 is 2.82 bits per heavy atom. The third kappa shape index (κ3) is 0.603. The van der Waals surface area contributed by atoms with Gasteiger partial charge in [0.15, 0.2) is 0 Å². The van der Waals surface area contributed by atoms with Gasteiger partial charge >= 0.3 is 0 Å². The van der Waals surface area contributed by atoms with Gasteiger partial charge in [0.05, 0.1) is 6.10 Å². The monoisotopic (exact) mass is 148 g/mol. The number of rotatable bonds is 0. The zero-order valence-corrected chi connectivity index (χ0v) is 6.35. The molecule has 5 atom stereocenters. The van der Waals surface area contributed by atoms with Crippen LogP contribution in [0.25, 0.3) is 0 Å². The lowest BCUT2D eigenvalue weighted by atomic mass is 9.90. The highest BCUT2D eigenvalue weighted by Gasteiger charge is 2.47. The minimum atomic E-state index is -0.0591. The fourth-order valence-electron chi connectivity index (χ4n) is 2.99. The van der Waals surface area contributed by atoms with Crippen LogP contribution >= 0.6 is 0 Å². The second-order valence-corrected chi connectivity index (χ2v) is 3.97. The first-order valence-corrected chi connectivity index (χ1v) is 4.41. The maximum atomic E-state index is 9.64. The van der Waals surface area contributed by atoms with Gasteiger partial charge in [-0.15, -0.1) is 0 Å². The van der Waals surface area contributed by atoms with Crippen molar-refractivity contribution in [1.82, 2.24) is 0 Å². The van der Waals surface area contributed by atoms with E-state index in [1.807, 2.05) is 0 Å². The largest absolute Gasteiger partial charge is 0.392 e. The van der Waals surface area contributed by atoms with Gasteiger partial charge in [0.1, 0.15) is 0 Å². The van der Waals surface area contributed by atoms with Gasteiger partial charge in [0, 0.05) is 5.92 Å². The van der Waals surface area contributed by atoms with Crippen molar-refractivity contribution in [1.29, 1.82) is 0 Å². The van der Waals surface area contributed by atoms with E-state index in [0.717, 1.165) is 12.3 Å². The molecule has 0 spiro atoms. The molecular formula is C10H12O. The summed E-state index contributed by atoms with van der Waals surface area (Å²) in [5.41, 5.74) is 0. The van der Waals surface area contributed by atoms with Gasteiger partial charge in [0.2, 0.25) is 0 Å². The number of aliphatic hydroxyl groups is 1. The zero-order valence-electron chi connectivity index (χ0n) is 6.35. The summed E-state index contributed by atoms with van der Waals surface area (Å²) in [6.45, 7) is 0. The Morgan fingerprint density at radius 1 is 1.09 bits per heavy atom. The lowest BCUT2D eigenvalue weighted by molar-refractivity contribution is 0.142. The van der Waals surface area contributed by atoms with Crippen molar-refractivity contribution in [2.24, 2.45) is 23.7 Å². The van der Waals surface area contributed by atoms with Crippen LogP contribution in [0.2, 0.25) is 0 Å². The maximum Gasteiger partial charge on any atom is 0.0611 e. The first kappa shape index (κ1) is 6.01. The predicted octanol–water partition coefficient (Wildman–Crippen LogP) is 1.36. The summed E-state index contributed by atoms with van der Waals surface area (Å²) < 4.78 is 0. The molecule has 1 fully saturated rings. The molecule has 1 N–H and O–H groups in total. The minimum Gasteiger partial charge on any atom is -0.392 e. The second-order valence-electron chi connectivity index (χ2n) is 3.97. The van der Waals surface area contributed by atoms with Crippen LogP contribution in [0, 0.1) is 23.7 Å². The van der Waals surface area contributed by atoms with E-state index in [4.69, 9.17) is 0 Å². The Morgan fingerprint density at radius 2 is 1.91 bits per heavy atom. The van der Waals surface area contributed by atoms with Crippen LogP contribution in [0.3, 0.4) is 0 Å². The van der Waals surface area contributed by atoms with E-state index in [2.05, 4.69) is 24.3 Å². The smallest absolute Gasteiger partial charge is 0.0611 e. The molecule has 3 rings (SSSR count). The summed E-state index contributed by atoms with van der Waals surface area (Å²) in [6, 6.07) is 0. The Hall–Kier alpha value is -0.560. The van der Waals surface area contributed by atoms with Crippen LogP contribution in [0.4, 0.5) is 0 Å². The zero-order chi connectivity index (χ0) is 7.42. The van der Waals surface area contributed by atoms with Crippen LogP contribution in [0.15, 0.2) is 24.3 Å². The van der Waals surface area contributed by atoms with Gasteiger partial charge in [-0.3, -0.25) is 0 Å². The van der Waals surface area contributed by atoms with E-state index in [1.54, 1.807) is 0 Å². The molecule has 0 aromatic heterocycles. The van der Waals surface area contributed by atoms with Crippen LogP contribution in [0.5, 0.6) is 0 Å². The van der Waals surface area contributed by atoms with E-state index < -0.39 is 0 Å². The maximum absolute atomic E-state index is 9.64. The van der Waals surface area contributed by atoms with E-state index in [1.165, 1.54) is 0 Å². The molecule has 58 valence electrons. The molecule has 0 saturated heterocycles. The average molecular weight is 148 g/mol. The molecule has 11 heavy (non-hydrogen) atoms. The van der Waals surface area contributed by atoms with Crippen molar-refractivity contribution in [2.45, 2.75) is 12.5 Å². The normalized spacial score (nSPS) is 57.4. The summed E-state index contributed by atoms with van der Waals surface area (Å²) in [5, 5.41) is 9.64. The number of aliphatic hydroxyl groups excluding tert-OH is 1.